The predicted molar refractivity (Wildman–Crippen MR) is 69.2 cm³/mol. The van der Waals surface area contributed by atoms with E-state index in [-0.39, 0.29) is 5.91 Å². The van der Waals surface area contributed by atoms with Gasteiger partial charge in [0.25, 0.3) is 5.91 Å². The molecule has 0 aliphatic carbocycles. The Morgan fingerprint density at radius 2 is 2.32 bits per heavy atom. The first-order valence-corrected chi connectivity index (χ1v) is 5.61. The molecule has 3 N–H and O–H groups in total. The summed E-state index contributed by atoms with van der Waals surface area (Å²) < 4.78 is 5.21. The third kappa shape index (κ3) is 1.90. The molecule has 7 nitrogen and oxygen atoms in total. The maximum Gasteiger partial charge on any atom is 0.276 e. The van der Waals surface area contributed by atoms with E-state index in [1.165, 1.54) is 6.20 Å². The molecule has 2 aromatic heterocycles. The molecule has 0 aliphatic rings. The molecule has 0 saturated carbocycles. The third-order valence-corrected chi connectivity index (χ3v) is 2.75. The van der Waals surface area contributed by atoms with Crippen LogP contribution < -0.4 is 10.1 Å². The summed E-state index contributed by atoms with van der Waals surface area (Å²) in [6.45, 7) is 0. The Morgan fingerprint density at radius 3 is 3.05 bits per heavy atom. The molecule has 0 unspecified atom stereocenters. The number of anilines is 1. The lowest BCUT2D eigenvalue weighted by atomic mass is 10.2. The van der Waals surface area contributed by atoms with Crippen LogP contribution in [0.5, 0.6) is 5.75 Å². The second kappa shape index (κ2) is 4.45. The van der Waals surface area contributed by atoms with Gasteiger partial charge in [-0.05, 0) is 6.07 Å². The van der Waals surface area contributed by atoms with Crippen molar-refractivity contribution < 1.29 is 9.53 Å². The lowest BCUT2D eigenvalue weighted by Gasteiger charge is -2.01. The van der Waals surface area contributed by atoms with Gasteiger partial charge in [0.15, 0.2) is 5.69 Å². The number of hydrogen-bond donors (Lipinski definition) is 3. The largest absolute Gasteiger partial charge is 0.494 e. The standard InChI is InChI=1S/C12H11N5O2/c1-19-9-4-2-3-8-10(9)16-17-11(8)12(18)15-7-5-13-14-6-7/h2-6H,1H3,(H,13,14)(H,15,18)(H,16,17). The molecular formula is C12H11N5O2. The summed E-state index contributed by atoms with van der Waals surface area (Å²) in [5.41, 5.74) is 1.60. The molecule has 3 aromatic rings. The molecule has 3 rings (SSSR count). The van der Waals surface area contributed by atoms with Crippen molar-refractivity contribution in [3.05, 3.63) is 36.3 Å². The maximum atomic E-state index is 12.1. The van der Waals surface area contributed by atoms with E-state index in [9.17, 15) is 4.79 Å². The highest BCUT2D eigenvalue weighted by Crippen LogP contribution is 2.25. The van der Waals surface area contributed by atoms with Gasteiger partial charge in [0.1, 0.15) is 11.3 Å². The van der Waals surface area contributed by atoms with E-state index in [2.05, 4.69) is 25.7 Å². The van der Waals surface area contributed by atoms with E-state index >= 15 is 0 Å². The van der Waals surface area contributed by atoms with Crippen molar-refractivity contribution in [2.24, 2.45) is 0 Å². The average Bonchev–Trinajstić information content (AvgIpc) is 3.06. The van der Waals surface area contributed by atoms with Crippen molar-refractivity contribution >= 4 is 22.5 Å². The predicted octanol–water partition coefficient (Wildman–Crippen LogP) is 1.55. The fourth-order valence-electron chi connectivity index (χ4n) is 1.87. The quantitative estimate of drug-likeness (QED) is 0.663. The Balaban J connectivity index is 1.99. The van der Waals surface area contributed by atoms with Gasteiger partial charge in [0, 0.05) is 11.6 Å². The van der Waals surface area contributed by atoms with Crippen molar-refractivity contribution in [2.45, 2.75) is 0 Å². The van der Waals surface area contributed by atoms with E-state index in [0.29, 0.717) is 28.0 Å². The summed E-state index contributed by atoms with van der Waals surface area (Å²) in [5, 5.41) is 16.6. The van der Waals surface area contributed by atoms with Gasteiger partial charge in [-0.3, -0.25) is 15.0 Å². The maximum absolute atomic E-state index is 12.1. The van der Waals surface area contributed by atoms with Crippen molar-refractivity contribution in [1.29, 1.82) is 0 Å². The number of ether oxygens (including phenoxy) is 1. The number of methoxy groups -OCH3 is 1. The van der Waals surface area contributed by atoms with Gasteiger partial charge in [-0.25, -0.2) is 0 Å². The van der Waals surface area contributed by atoms with Crippen LogP contribution in [0.4, 0.5) is 5.69 Å². The fourth-order valence-corrected chi connectivity index (χ4v) is 1.87. The van der Waals surface area contributed by atoms with Crippen LogP contribution in [0, 0.1) is 0 Å². The number of carbonyl (C=O) groups excluding carboxylic acids is 1. The van der Waals surface area contributed by atoms with Crippen LogP contribution in [-0.4, -0.2) is 33.4 Å². The molecule has 0 spiro atoms. The molecule has 0 saturated heterocycles. The van der Waals surface area contributed by atoms with Gasteiger partial charge < -0.3 is 10.1 Å². The minimum Gasteiger partial charge on any atom is -0.494 e. The summed E-state index contributed by atoms with van der Waals surface area (Å²) in [5.74, 6) is 0.341. The molecule has 1 aromatic carbocycles. The van der Waals surface area contributed by atoms with E-state index in [0.717, 1.165) is 0 Å². The zero-order chi connectivity index (χ0) is 13.2. The summed E-state index contributed by atoms with van der Waals surface area (Å²) in [6, 6.07) is 5.43. The monoisotopic (exact) mass is 257 g/mol. The smallest absolute Gasteiger partial charge is 0.276 e. The summed E-state index contributed by atoms with van der Waals surface area (Å²) in [4.78, 5) is 12.1. The Labute approximate surface area is 108 Å². The van der Waals surface area contributed by atoms with Crippen molar-refractivity contribution in [2.75, 3.05) is 12.4 Å². The first-order chi connectivity index (χ1) is 9.29. The van der Waals surface area contributed by atoms with E-state index in [4.69, 9.17) is 4.74 Å². The lowest BCUT2D eigenvalue weighted by molar-refractivity contribution is 0.102. The Morgan fingerprint density at radius 1 is 1.42 bits per heavy atom. The van der Waals surface area contributed by atoms with Crippen molar-refractivity contribution in [3.63, 3.8) is 0 Å². The van der Waals surface area contributed by atoms with Gasteiger partial charge in [0.05, 0.1) is 19.0 Å². The highest BCUT2D eigenvalue weighted by molar-refractivity contribution is 6.11. The molecule has 1 amide bonds. The SMILES string of the molecule is COc1cccc2c(C(=O)Nc3cn[nH]c3)n[nH]c12. The zero-order valence-electron chi connectivity index (χ0n) is 10.1. The first kappa shape index (κ1) is 11.3. The van der Waals surface area contributed by atoms with Crippen LogP contribution in [-0.2, 0) is 0 Å². The van der Waals surface area contributed by atoms with Gasteiger partial charge in [-0.1, -0.05) is 12.1 Å². The fraction of sp³-hybridized carbons (Fsp3) is 0.0833. The second-order valence-electron chi connectivity index (χ2n) is 3.90. The van der Waals surface area contributed by atoms with Gasteiger partial charge in [-0.2, -0.15) is 10.2 Å². The Hall–Kier alpha value is -2.83. The Bertz CT molecular complexity index is 717. The summed E-state index contributed by atoms with van der Waals surface area (Å²) in [6.07, 6.45) is 3.11. The van der Waals surface area contributed by atoms with Crippen LogP contribution in [0.2, 0.25) is 0 Å². The number of rotatable bonds is 3. The average molecular weight is 257 g/mol. The zero-order valence-corrected chi connectivity index (χ0v) is 10.1. The topological polar surface area (TPSA) is 95.7 Å². The molecule has 7 heteroatoms. The van der Waals surface area contributed by atoms with Crippen molar-refractivity contribution in [1.82, 2.24) is 20.4 Å². The number of nitrogens with one attached hydrogen (secondary N) is 3. The number of aromatic nitrogens is 4. The number of nitrogens with zero attached hydrogens (tertiary/aromatic N) is 2. The van der Waals surface area contributed by atoms with E-state index in [1.54, 1.807) is 19.4 Å². The van der Waals surface area contributed by atoms with Gasteiger partial charge in [0.2, 0.25) is 0 Å². The normalized spacial score (nSPS) is 10.6. The summed E-state index contributed by atoms with van der Waals surface area (Å²) in [7, 11) is 1.57. The Kier molecular flexibility index (Phi) is 2.64. The van der Waals surface area contributed by atoms with Crippen molar-refractivity contribution in [3.8, 4) is 5.75 Å². The number of benzene rings is 1. The molecule has 0 atom stereocenters. The molecule has 96 valence electrons. The number of para-hydroxylation sites is 1. The van der Waals surface area contributed by atoms with E-state index in [1.807, 2.05) is 12.1 Å². The first-order valence-electron chi connectivity index (χ1n) is 5.61. The van der Waals surface area contributed by atoms with E-state index < -0.39 is 0 Å². The number of fused-ring (bicyclic) bond motifs is 1. The molecule has 0 radical (unpaired) electrons. The number of carbonyl (C=O) groups is 1. The van der Waals surface area contributed by atoms with Crippen LogP contribution in [0.25, 0.3) is 10.9 Å². The molecular weight excluding hydrogens is 246 g/mol. The molecule has 19 heavy (non-hydrogen) atoms. The second-order valence-corrected chi connectivity index (χ2v) is 3.90. The number of amides is 1. The molecule has 0 bridgehead atoms. The lowest BCUT2D eigenvalue weighted by Crippen LogP contribution is -2.12. The van der Waals surface area contributed by atoms with Crippen LogP contribution >= 0.6 is 0 Å². The molecule has 0 fully saturated rings. The van der Waals surface area contributed by atoms with Gasteiger partial charge in [-0.15, -0.1) is 0 Å². The molecule has 0 aliphatic heterocycles. The molecule has 2 heterocycles. The number of hydrogen-bond acceptors (Lipinski definition) is 4. The third-order valence-electron chi connectivity index (χ3n) is 2.75. The highest BCUT2D eigenvalue weighted by Gasteiger charge is 2.16. The number of H-pyrrole nitrogens is 2. The van der Waals surface area contributed by atoms with Crippen LogP contribution in [0.1, 0.15) is 10.5 Å². The minimum atomic E-state index is -0.305. The van der Waals surface area contributed by atoms with Crippen LogP contribution in [0.3, 0.4) is 0 Å². The van der Waals surface area contributed by atoms with Gasteiger partial charge >= 0.3 is 0 Å². The number of aromatic amines is 2. The minimum absolute atomic E-state index is 0.305. The summed E-state index contributed by atoms with van der Waals surface area (Å²) >= 11 is 0. The van der Waals surface area contributed by atoms with Crippen LogP contribution in [0.15, 0.2) is 30.6 Å². The highest BCUT2D eigenvalue weighted by atomic mass is 16.5.